The van der Waals surface area contributed by atoms with Gasteiger partial charge in [-0.2, -0.15) is 0 Å². The van der Waals surface area contributed by atoms with E-state index in [9.17, 15) is 14.7 Å². The van der Waals surface area contributed by atoms with E-state index >= 15 is 0 Å². The third-order valence-electron chi connectivity index (χ3n) is 4.58. The quantitative estimate of drug-likeness (QED) is 0.351. The molecule has 23 heavy (non-hydrogen) atoms. The van der Waals surface area contributed by atoms with E-state index in [0.717, 1.165) is 12.8 Å². The normalized spacial score (nSPS) is 13.5. The maximum atomic E-state index is 11.2. The topological polar surface area (TPSA) is 69.6 Å². The summed E-state index contributed by atoms with van der Waals surface area (Å²) in [5, 5.41) is 12.4. The van der Waals surface area contributed by atoms with Gasteiger partial charge in [-0.3, -0.25) is 4.90 Å². The third kappa shape index (κ3) is 10.3. The second-order valence-electron chi connectivity index (χ2n) is 6.35. The number of nitrogens with zero attached hydrogens (tertiary/aromatic N) is 1. The fraction of sp³-hybridized carbons (Fsp3) is 0.889. The molecule has 0 bridgehead atoms. The van der Waals surface area contributed by atoms with Crippen LogP contribution in [0.3, 0.4) is 0 Å². The number of unbranched alkanes of at least 4 members (excludes halogenated alkanes) is 8. The molecular weight excluding hydrogens is 292 g/mol. The van der Waals surface area contributed by atoms with Crippen molar-refractivity contribution in [1.29, 1.82) is 0 Å². The van der Waals surface area contributed by atoms with Gasteiger partial charge in [0, 0.05) is 12.1 Å². The van der Waals surface area contributed by atoms with Gasteiger partial charge in [-0.1, -0.05) is 64.7 Å². The van der Waals surface area contributed by atoms with Crippen molar-refractivity contribution in [3.63, 3.8) is 0 Å². The second kappa shape index (κ2) is 14.5. The summed E-state index contributed by atoms with van der Waals surface area (Å²) < 4.78 is 0. The van der Waals surface area contributed by atoms with Gasteiger partial charge in [0.2, 0.25) is 0 Å². The van der Waals surface area contributed by atoms with Crippen LogP contribution in [0.25, 0.3) is 0 Å². The van der Waals surface area contributed by atoms with E-state index < -0.39 is 6.09 Å². The van der Waals surface area contributed by atoms with Crippen molar-refractivity contribution >= 4 is 12.4 Å². The molecule has 136 valence electrons. The van der Waals surface area contributed by atoms with E-state index in [2.05, 4.69) is 12.2 Å². The van der Waals surface area contributed by atoms with E-state index in [0.29, 0.717) is 6.29 Å². The molecule has 0 spiro atoms. The summed E-state index contributed by atoms with van der Waals surface area (Å²) in [5.41, 5.74) is 0. The molecule has 0 fully saturated rings. The van der Waals surface area contributed by atoms with Crippen LogP contribution in [0.5, 0.6) is 0 Å². The Morgan fingerprint density at radius 1 is 1.09 bits per heavy atom. The summed E-state index contributed by atoms with van der Waals surface area (Å²) in [6, 6.07) is -0.104. The van der Waals surface area contributed by atoms with Crippen molar-refractivity contribution < 1.29 is 14.7 Å². The first-order chi connectivity index (χ1) is 11.1. The number of carbonyl (C=O) groups excluding carboxylic acids is 1. The van der Waals surface area contributed by atoms with Crippen molar-refractivity contribution in [2.24, 2.45) is 0 Å². The Morgan fingerprint density at radius 3 is 2.04 bits per heavy atom. The number of aldehydes is 1. The monoisotopic (exact) mass is 328 g/mol. The Hall–Kier alpha value is -1.10. The molecule has 0 aliphatic rings. The van der Waals surface area contributed by atoms with Crippen molar-refractivity contribution in [3.8, 4) is 0 Å². The van der Waals surface area contributed by atoms with Crippen LogP contribution in [-0.2, 0) is 4.79 Å². The molecule has 1 amide bonds. The van der Waals surface area contributed by atoms with E-state index in [1.807, 2.05) is 14.0 Å². The summed E-state index contributed by atoms with van der Waals surface area (Å²) in [5.74, 6) is 0. The third-order valence-corrected chi connectivity index (χ3v) is 4.58. The lowest BCUT2D eigenvalue weighted by molar-refractivity contribution is -0.109. The summed E-state index contributed by atoms with van der Waals surface area (Å²) in [4.78, 5) is 23.1. The summed E-state index contributed by atoms with van der Waals surface area (Å²) in [6.07, 6.45) is 12.1. The lowest BCUT2D eigenvalue weighted by atomic mass is 10.00. The zero-order chi connectivity index (χ0) is 17.5. The molecule has 0 aliphatic heterocycles. The number of rotatable bonds is 15. The highest BCUT2D eigenvalue weighted by Gasteiger charge is 2.25. The molecule has 0 aromatic rings. The Morgan fingerprint density at radius 2 is 1.61 bits per heavy atom. The molecule has 0 aromatic heterocycles. The van der Waals surface area contributed by atoms with Crippen LogP contribution in [0, 0.1) is 0 Å². The van der Waals surface area contributed by atoms with Crippen LogP contribution >= 0.6 is 0 Å². The van der Waals surface area contributed by atoms with Crippen LogP contribution < -0.4 is 5.32 Å². The van der Waals surface area contributed by atoms with Gasteiger partial charge in [0.25, 0.3) is 0 Å². The Balaban J connectivity index is 3.91. The van der Waals surface area contributed by atoms with Crippen molar-refractivity contribution in [2.45, 2.75) is 90.1 Å². The molecule has 0 saturated heterocycles. The molecule has 0 rings (SSSR count). The molecule has 5 heteroatoms. The molecule has 2 unspecified atom stereocenters. The van der Waals surface area contributed by atoms with Crippen molar-refractivity contribution in [2.75, 3.05) is 13.6 Å². The predicted octanol–water partition coefficient (Wildman–Crippen LogP) is 4.06. The Kier molecular flexibility index (Phi) is 13.8. The predicted molar refractivity (Wildman–Crippen MR) is 94.9 cm³/mol. The Bertz CT molecular complexity index is 311. The van der Waals surface area contributed by atoms with E-state index in [-0.39, 0.29) is 18.6 Å². The van der Waals surface area contributed by atoms with Gasteiger partial charge in [-0.25, -0.2) is 4.79 Å². The molecule has 2 N–H and O–H groups in total. The van der Waals surface area contributed by atoms with Gasteiger partial charge in [-0.05, 0) is 20.4 Å². The maximum Gasteiger partial charge on any atom is 0.407 e. The molecule has 0 saturated carbocycles. The highest BCUT2D eigenvalue weighted by molar-refractivity contribution is 5.69. The summed E-state index contributed by atoms with van der Waals surface area (Å²) in [7, 11) is 1.86. The summed E-state index contributed by atoms with van der Waals surface area (Å²) >= 11 is 0. The first-order valence-electron chi connectivity index (χ1n) is 9.18. The van der Waals surface area contributed by atoms with Gasteiger partial charge in [0.15, 0.2) is 0 Å². The van der Waals surface area contributed by atoms with Crippen LogP contribution in [0.15, 0.2) is 0 Å². The average molecular weight is 328 g/mol. The SMILES string of the molecule is CCCCCCCCCCCC(NC)C(C)N(CC=O)C(=O)O. The number of hydrogen-bond donors (Lipinski definition) is 2. The number of hydrogen-bond acceptors (Lipinski definition) is 3. The lowest BCUT2D eigenvalue weighted by Gasteiger charge is -2.31. The molecule has 5 nitrogen and oxygen atoms in total. The van der Waals surface area contributed by atoms with Crippen molar-refractivity contribution in [3.05, 3.63) is 0 Å². The highest BCUT2D eigenvalue weighted by atomic mass is 16.4. The zero-order valence-corrected chi connectivity index (χ0v) is 15.2. The van der Waals surface area contributed by atoms with Crippen LogP contribution in [0.4, 0.5) is 4.79 Å². The first-order valence-corrected chi connectivity index (χ1v) is 9.18. The highest BCUT2D eigenvalue weighted by Crippen LogP contribution is 2.14. The fourth-order valence-electron chi connectivity index (χ4n) is 3.02. The molecular formula is C18H36N2O3. The standard InChI is InChI=1S/C18H36N2O3/c1-4-5-6-7-8-9-10-11-12-13-17(19-3)16(2)20(14-15-21)18(22)23/h15-17,19H,4-14H2,1-3H3,(H,22,23). The lowest BCUT2D eigenvalue weighted by Crippen LogP contribution is -2.50. The minimum absolute atomic E-state index is 0.0631. The second-order valence-corrected chi connectivity index (χ2v) is 6.35. The minimum atomic E-state index is -1.03. The van der Waals surface area contributed by atoms with Gasteiger partial charge in [0.05, 0.1) is 6.54 Å². The maximum absolute atomic E-state index is 11.2. The van der Waals surface area contributed by atoms with Crippen LogP contribution in [-0.4, -0.2) is 48.1 Å². The van der Waals surface area contributed by atoms with Gasteiger partial charge in [-0.15, -0.1) is 0 Å². The number of nitrogens with one attached hydrogen (secondary N) is 1. The van der Waals surface area contributed by atoms with Gasteiger partial charge >= 0.3 is 6.09 Å². The largest absolute Gasteiger partial charge is 0.465 e. The smallest absolute Gasteiger partial charge is 0.407 e. The fourth-order valence-corrected chi connectivity index (χ4v) is 3.02. The molecule has 0 radical (unpaired) electrons. The molecule has 2 atom stereocenters. The van der Waals surface area contributed by atoms with Crippen molar-refractivity contribution in [1.82, 2.24) is 10.2 Å². The number of amides is 1. The molecule has 0 aliphatic carbocycles. The van der Waals surface area contributed by atoms with Crippen LogP contribution in [0.1, 0.15) is 78.1 Å². The average Bonchev–Trinajstić information content (AvgIpc) is 2.53. The summed E-state index contributed by atoms with van der Waals surface area (Å²) in [6.45, 7) is 4.04. The molecule has 0 heterocycles. The minimum Gasteiger partial charge on any atom is -0.465 e. The van der Waals surface area contributed by atoms with Crippen LogP contribution in [0.2, 0.25) is 0 Å². The van der Waals surface area contributed by atoms with E-state index in [1.165, 1.54) is 56.3 Å². The first kappa shape index (κ1) is 21.9. The number of carboxylic acid groups (broad SMARTS) is 1. The number of likely N-dealkylation sites (N-methyl/N-ethyl adjacent to an activating group) is 1. The van der Waals surface area contributed by atoms with E-state index in [4.69, 9.17) is 0 Å². The van der Waals surface area contributed by atoms with E-state index in [1.54, 1.807) is 0 Å². The van der Waals surface area contributed by atoms with Gasteiger partial charge in [0.1, 0.15) is 6.29 Å². The number of carbonyl (C=O) groups is 2. The zero-order valence-electron chi connectivity index (χ0n) is 15.2. The molecule has 0 aromatic carbocycles. The Labute approximate surface area is 141 Å². The van der Waals surface area contributed by atoms with Gasteiger partial charge < -0.3 is 15.2 Å².